The molecule has 0 unspecified atom stereocenters. The number of hydrogen-bond donors (Lipinski definition) is 0. The number of benzene rings is 2. The van der Waals surface area contributed by atoms with Crippen LogP contribution in [0.5, 0.6) is 5.75 Å². The van der Waals surface area contributed by atoms with Crippen LogP contribution in [0.25, 0.3) is 0 Å². The monoisotopic (exact) mass is 404 g/mol. The molecule has 3 heteroatoms. The van der Waals surface area contributed by atoms with Crippen LogP contribution < -0.4 is 4.74 Å². The molecule has 0 amide bonds. The highest BCUT2D eigenvalue weighted by Crippen LogP contribution is 2.40. The van der Waals surface area contributed by atoms with E-state index in [4.69, 9.17) is 9.47 Å². The predicted octanol–water partition coefficient (Wildman–Crippen LogP) is 5.59. The van der Waals surface area contributed by atoms with Crippen LogP contribution in [0.3, 0.4) is 0 Å². The largest absolute Gasteiger partial charge is 0.493 e. The van der Waals surface area contributed by atoms with E-state index < -0.39 is 0 Å². The molecule has 30 heavy (non-hydrogen) atoms. The van der Waals surface area contributed by atoms with Crippen molar-refractivity contribution in [3.63, 3.8) is 0 Å². The Kier molecular flexibility index (Phi) is 7.21. The zero-order valence-corrected chi connectivity index (χ0v) is 18.6. The maximum Gasteiger partial charge on any atom is 0.310 e. The minimum atomic E-state index is -0.198. The van der Waals surface area contributed by atoms with Gasteiger partial charge in [-0.2, -0.15) is 0 Å². The van der Waals surface area contributed by atoms with Crippen molar-refractivity contribution >= 4 is 5.97 Å². The van der Waals surface area contributed by atoms with Gasteiger partial charge in [0, 0.05) is 16.7 Å². The third-order valence-electron chi connectivity index (χ3n) is 5.67. The van der Waals surface area contributed by atoms with E-state index in [1.165, 1.54) is 11.1 Å². The average Bonchev–Trinajstić information content (AvgIpc) is 2.71. The van der Waals surface area contributed by atoms with E-state index in [9.17, 15) is 4.79 Å². The Labute approximate surface area is 180 Å². The molecule has 1 heterocycles. The average molecular weight is 405 g/mol. The van der Waals surface area contributed by atoms with Crippen LogP contribution in [0, 0.1) is 11.8 Å². The highest BCUT2D eigenvalue weighted by atomic mass is 16.5. The lowest BCUT2D eigenvalue weighted by Crippen LogP contribution is -2.27. The number of fused-ring (bicyclic) bond motifs is 1. The van der Waals surface area contributed by atoms with Crippen LogP contribution in [-0.4, -0.2) is 19.2 Å². The molecule has 0 bridgehead atoms. The summed E-state index contributed by atoms with van der Waals surface area (Å²) in [7, 11) is 0. The van der Waals surface area contributed by atoms with Gasteiger partial charge in [-0.15, -0.1) is 0 Å². The summed E-state index contributed by atoms with van der Waals surface area (Å²) in [5, 5.41) is 0. The van der Waals surface area contributed by atoms with Crippen LogP contribution in [0.4, 0.5) is 0 Å². The third-order valence-corrected chi connectivity index (χ3v) is 5.67. The molecule has 0 aromatic heterocycles. The Hall–Kier alpha value is -2.73. The molecule has 0 fully saturated rings. The number of esters is 1. The lowest BCUT2D eigenvalue weighted by atomic mass is 9.78. The molecule has 0 radical (unpaired) electrons. The summed E-state index contributed by atoms with van der Waals surface area (Å²) in [5.41, 5.74) is 5.59. The number of carbonyl (C=O) groups excluding carboxylic acids is 1. The van der Waals surface area contributed by atoms with Gasteiger partial charge in [-0.05, 0) is 67.0 Å². The van der Waals surface area contributed by atoms with Crippen molar-refractivity contribution in [2.45, 2.75) is 65.2 Å². The zero-order chi connectivity index (χ0) is 21.6. The van der Waals surface area contributed by atoms with E-state index in [0.29, 0.717) is 13.0 Å². The van der Waals surface area contributed by atoms with Gasteiger partial charge in [0.05, 0.1) is 19.6 Å². The third kappa shape index (κ3) is 5.45. The maximum absolute atomic E-state index is 11.6. The van der Waals surface area contributed by atoms with Gasteiger partial charge in [-0.1, -0.05) is 51.2 Å². The minimum absolute atomic E-state index is 0.0993. The molecule has 0 N–H and O–H groups in total. The first-order valence-electron chi connectivity index (χ1n) is 11.0. The van der Waals surface area contributed by atoms with Crippen LogP contribution in [0.1, 0.15) is 74.8 Å². The van der Waals surface area contributed by atoms with Gasteiger partial charge in [0.1, 0.15) is 5.75 Å². The molecule has 2 aromatic rings. The second-order valence-corrected chi connectivity index (χ2v) is 8.52. The topological polar surface area (TPSA) is 35.5 Å². The van der Waals surface area contributed by atoms with E-state index in [-0.39, 0.29) is 11.4 Å². The second-order valence-electron chi connectivity index (χ2n) is 8.52. The minimum Gasteiger partial charge on any atom is -0.493 e. The van der Waals surface area contributed by atoms with Crippen LogP contribution >= 0.6 is 0 Å². The molecule has 0 atom stereocenters. The molecule has 1 aliphatic rings. The molecule has 2 aromatic carbocycles. The Morgan fingerprint density at radius 1 is 1.13 bits per heavy atom. The van der Waals surface area contributed by atoms with Crippen molar-refractivity contribution in [2.24, 2.45) is 0 Å². The van der Waals surface area contributed by atoms with Gasteiger partial charge in [0.15, 0.2) is 0 Å². The Balaban J connectivity index is 1.87. The van der Waals surface area contributed by atoms with Gasteiger partial charge in [0.2, 0.25) is 0 Å². The number of carbonyl (C=O) groups is 1. The van der Waals surface area contributed by atoms with Gasteiger partial charge in [0.25, 0.3) is 0 Å². The van der Waals surface area contributed by atoms with Crippen molar-refractivity contribution in [3.8, 4) is 17.6 Å². The first-order valence-corrected chi connectivity index (χ1v) is 11.0. The standard InChI is InChI=1S/C27H32O3/c1-5-7-8-22-19-25-24(27(3,4)15-16-30-25)18-23(22)14-13-20-9-11-21(12-10-20)17-26(28)29-6-2/h9-12,18-19H,5-8,15-17H2,1-4H3. The quantitative estimate of drug-likeness (QED) is 0.465. The fraction of sp³-hybridized carbons (Fsp3) is 0.444. The fourth-order valence-electron chi connectivity index (χ4n) is 3.74. The number of rotatable bonds is 6. The van der Waals surface area contributed by atoms with E-state index in [1.807, 2.05) is 31.2 Å². The predicted molar refractivity (Wildman–Crippen MR) is 121 cm³/mol. The van der Waals surface area contributed by atoms with Crippen molar-refractivity contribution in [1.29, 1.82) is 0 Å². The van der Waals surface area contributed by atoms with Crippen LogP contribution in [-0.2, 0) is 27.8 Å². The molecule has 0 spiro atoms. The second kappa shape index (κ2) is 9.85. The molecule has 1 aliphatic heterocycles. The zero-order valence-electron chi connectivity index (χ0n) is 18.6. The highest BCUT2D eigenvalue weighted by Gasteiger charge is 2.29. The summed E-state index contributed by atoms with van der Waals surface area (Å²) in [5.74, 6) is 7.54. The number of unbranched alkanes of at least 4 members (excludes halogenated alkanes) is 1. The molecule has 3 rings (SSSR count). The number of ether oxygens (including phenoxy) is 2. The summed E-state index contributed by atoms with van der Waals surface area (Å²) < 4.78 is 11.0. The van der Waals surface area contributed by atoms with Crippen LogP contribution in [0.2, 0.25) is 0 Å². The van der Waals surface area contributed by atoms with Crippen molar-refractivity contribution < 1.29 is 14.3 Å². The van der Waals surface area contributed by atoms with E-state index >= 15 is 0 Å². The van der Waals surface area contributed by atoms with Crippen molar-refractivity contribution in [1.82, 2.24) is 0 Å². The fourth-order valence-corrected chi connectivity index (χ4v) is 3.74. The molecular formula is C27H32O3. The highest BCUT2D eigenvalue weighted by molar-refractivity contribution is 5.72. The lowest BCUT2D eigenvalue weighted by Gasteiger charge is -2.33. The first kappa shape index (κ1) is 22.0. The van der Waals surface area contributed by atoms with Gasteiger partial charge < -0.3 is 9.47 Å². The Bertz CT molecular complexity index is 943. The summed E-state index contributed by atoms with van der Waals surface area (Å²) in [6.07, 6.45) is 4.61. The van der Waals surface area contributed by atoms with Crippen molar-refractivity contribution in [2.75, 3.05) is 13.2 Å². The molecule has 158 valence electrons. The summed E-state index contributed by atoms with van der Waals surface area (Å²) >= 11 is 0. The van der Waals surface area contributed by atoms with Gasteiger partial charge >= 0.3 is 5.97 Å². The van der Waals surface area contributed by atoms with Crippen LogP contribution in [0.15, 0.2) is 36.4 Å². The number of hydrogen-bond acceptors (Lipinski definition) is 3. The van der Waals surface area contributed by atoms with Crippen molar-refractivity contribution in [3.05, 3.63) is 64.2 Å². The number of aryl methyl sites for hydroxylation is 1. The van der Waals surface area contributed by atoms with Gasteiger partial charge in [-0.3, -0.25) is 4.79 Å². The summed E-state index contributed by atoms with van der Waals surface area (Å²) in [6.45, 7) is 9.77. The van der Waals surface area contributed by atoms with E-state index in [2.05, 4.69) is 44.7 Å². The SMILES string of the molecule is CCCCc1cc2c(cc1C#Cc1ccc(CC(=O)OCC)cc1)C(C)(C)CCO2. The Morgan fingerprint density at radius 2 is 1.90 bits per heavy atom. The summed E-state index contributed by atoms with van der Waals surface area (Å²) in [6, 6.07) is 12.3. The molecule has 0 aliphatic carbocycles. The maximum atomic E-state index is 11.6. The molecule has 3 nitrogen and oxygen atoms in total. The van der Waals surface area contributed by atoms with E-state index in [1.54, 1.807) is 0 Å². The van der Waals surface area contributed by atoms with E-state index in [0.717, 1.165) is 54.7 Å². The molecule has 0 saturated heterocycles. The molecule has 0 saturated carbocycles. The lowest BCUT2D eigenvalue weighted by molar-refractivity contribution is -0.142. The Morgan fingerprint density at radius 3 is 2.60 bits per heavy atom. The molecular weight excluding hydrogens is 372 g/mol. The summed E-state index contributed by atoms with van der Waals surface area (Å²) in [4.78, 5) is 11.6. The smallest absolute Gasteiger partial charge is 0.310 e. The normalized spacial score (nSPS) is 14.1. The first-order chi connectivity index (χ1) is 14.4. The van der Waals surface area contributed by atoms with Gasteiger partial charge in [-0.25, -0.2) is 0 Å².